The van der Waals surface area contributed by atoms with Crippen LogP contribution in [0.1, 0.15) is 23.4 Å². The fraction of sp³-hybridized carbons (Fsp3) is 0.444. The first-order valence-corrected chi connectivity index (χ1v) is 6.14. The standard InChI is InChI=1S/C9H10N2S2/c1-5-8-6(2-3-10-5)7-9(13-8)12-4-11-7/h4-5,10H,2-3H2,1H3. The number of hydrogen-bond donors (Lipinski definition) is 1. The van der Waals surface area contributed by atoms with Crippen LogP contribution >= 0.6 is 22.7 Å². The third-order valence-electron chi connectivity index (χ3n) is 2.54. The van der Waals surface area contributed by atoms with E-state index < -0.39 is 0 Å². The molecular weight excluding hydrogens is 200 g/mol. The normalized spacial score (nSPS) is 22.1. The summed E-state index contributed by atoms with van der Waals surface area (Å²) in [5.41, 5.74) is 4.71. The average Bonchev–Trinajstić information content (AvgIpc) is 2.65. The molecule has 1 N–H and O–H groups in total. The number of fused-ring (bicyclic) bond motifs is 3. The lowest BCUT2D eigenvalue weighted by atomic mass is 10.0. The SMILES string of the molecule is CC1NCCc2c1sc1scnc21. The second kappa shape index (κ2) is 2.77. The van der Waals surface area contributed by atoms with Crippen LogP contribution < -0.4 is 5.32 Å². The lowest BCUT2D eigenvalue weighted by Gasteiger charge is -2.19. The van der Waals surface area contributed by atoms with Crippen molar-refractivity contribution in [3.05, 3.63) is 16.0 Å². The van der Waals surface area contributed by atoms with Crippen molar-refractivity contribution in [2.24, 2.45) is 0 Å². The highest BCUT2D eigenvalue weighted by Crippen LogP contribution is 2.38. The van der Waals surface area contributed by atoms with Gasteiger partial charge in [-0.2, -0.15) is 0 Å². The minimum atomic E-state index is 0.523. The molecule has 68 valence electrons. The van der Waals surface area contributed by atoms with Crippen molar-refractivity contribution in [1.82, 2.24) is 10.3 Å². The van der Waals surface area contributed by atoms with Crippen LogP contribution in [-0.2, 0) is 6.42 Å². The zero-order valence-corrected chi connectivity index (χ0v) is 8.97. The first-order valence-electron chi connectivity index (χ1n) is 4.44. The molecule has 3 rings (SSSR count). The molecule has 0 spiro atoms. The predicted octanol–water partition coefficient (Wildman–Crippen LogP) is 2.56. The summed E-state index contributed by atoms with van der Waals surface area (Å²) in [6.07, 6.45) is 1.14. The molecule has 13 heavy (non-hydrogen) atoms. The van der Waals surface area contributed by atoms with Crippen LogP contribution in [0.3, 0.4) is 0 Å². The quantitative estimate of drug-likeness (QED) is 0.723. The summed E-state index contributed by atoms with van der Waals surface area (Å²) >= 11 is 3.67. The van der Waals surface area contributed by atoms with Crippen LogP contribution in [0.4, 0.5) is 0 Å². The van der Waals surface area contributed by atoms with Crippen molar-refractivity contribution < 1.29 is 0 Å². The molecule has 1 atom stereocenters. The Morgan fingerprint density at radius 3 is 3.46 bits per heavy atom. The van der Waals surface area contributed by atoms with E-state index in [1.54, 1.807) is 11.3 Å². The van der Waals surface area contributed by atoms with Gasteiger partial charge in [0.25, 0.3) is 0 Å². The van der Waals surface area contributed by atoms with E-state index >= 15 is 0 Å². The number of nitrogens with zero attached hydrogens (tertiary/aromatic N) is 1. The molecule has 0 aliphatic carbocycles. The molecule has 0 radical (unpaired) electrons. The smallest absolute Gasteiger partial charge is 0.107 e. The Labute approximate surface area is 84.6 Å². The fourth-order valence-corrected chi connectivity index (χ4v) is 4.07. The maximum atomic E-state index is 4.43. The number of thiazole rings is 1. The molecule has 3 heterocycles. The summed E-state index contributed by atoms with van der Waals surface area (Å²) < 4.78 is 1.39. The topological polar surface area (TPSA) is 24.9 Å². The molecule has 0 fully saturated rings. The van der Waals surface area contributed by atoms with Gasteiger partial charge < -0.3 is 5.32 Å². The molecule has 0 saturated carbocycles. The third kappa shape index (κ3) is 1.06. The van der Waals surface area contributed by atoms with Gasteiger partial charge >= 0.3 is 0 Å². The van der Waals surface area contributed by atoms with Crippen molar-refractivity contribution in [1.29, 1.82) is 0 Å². The Morgan fingerprint density at radius 2 is 2.54 bits per heavy atom. The van der Waals surface area contributed by atoms with Gasteiger partial charge in [0.1, 0.15) is 4.01 Å². The summed E-state index contributed by atoms with van der Waals surface area (Å²) in [5, 5.41) is 3.48. The summed E-state index contributed by atoms with van der Waals surface area (Å²) in [5.74, 6) is 0. The lowest BCUT2D eigenvalue weighted by molar-refractivity contribution is 0.552. The summed E-state index contributed by atoms with van der Waals surface area (Å²) in [6.45, 7) is 3.33. The van der Waals surface area contributed by atoms with Crippen molar-refractivity contribution >= 4 is 32.2 Å². The van der Waals surface area contributed by atoms with Gasteiger partial charge in [-0.25, -0.2) is 4.98 Å². The number of nitrogens with one attached hydrogen (secondary N) is 1. The van der Waals surface area contributed by atoms with E-state index in [-0.39, 0.29) is 0 Å². The van der Waals surface area contributed by atoms with Gasteiger partial charge in [-0.3, -0.25) is 0 Å². The lowest BCUT2D eigenvalue weighted by Crippen LogP contribution is -2.26. The maximum absolute atomic E-state index is 4.43. The highest BCUT2D eigenvalue weighted by Gasteiger charge is 2.21. The molecule has 2 aromatic rings. The van der Waals surface area contributed by atoms with Crippen molar-refractivity contribution in [2.45, 2.75) is 19.4 Å². The molecule has 0 amide bonds. The van der Waals surface area contributed by atoms with Gasteiger partial charge in [-0.15, -0.1) is 22.7 Å². The van der Waals surface area contributed by atoms with Crippen molar-refractivity contribution in [2.75, 3.05) is 6.54 Å². The van der Waals surface area contributed by atoms with Gasteiger partial charge in [0.2, 0.25) is 0 Å². The van der Waals surface area contributed by atoms with Crippen LogP contribution in [0, 0.1) is 0 Å². The molecular formula is C9H10N2S2. The van der Waals surface area contributed by atoms with Crippen molar-refractivity contribution in [3.63, 3.8) is 0 Å². The predicted molar refractivity (Wildman–Crippen MR) is 57.6 cm³/mol. The first-order chi connectivity index (χ1) is 6.36. The van der Waals surface area contributed by atoms with E-state index in [1.165, 1.54) is 20.0 Å². The number of hydrogen-bond acceptors (Lipinski definition) is 4. The molecule has 0 bridgehead atoms. The largest absolute Gasteiger partial charge is 0.309 e. The van der Waals surface area contributed by atoms with E-state index in [0.717, 1.165) is 13.0 Å². The molecule has 0 saturated heterocycles. The molecule has 2 aromatic heterocycles. The molecule has 1 aliphatic rings. The Balaban J connectivity index is 2.31. The first kappa shape index (κ1) is 7.91. The maximum Gasteiger partial charge on any atom is 0.107 e. The van der Waals surface area contributed by atoms with E-state index in [2.05, 4.69) is 17.2 Å². The minimum Gasteiger partial charge on any atom is -0.309 e. The Hall–Kier alpha value is -0.450. The highest BCUT2D eigenvalue weighted by molar-refractivity contribution is 7.37. The molecule has 4 heteroatoms. The summed E-state index contributed by atoms with van der Waals surface area (Å²) in [7, 11) is 0. The molecule has 0 aromatic carbocycles. The minimum absolute atomic E-state index is 0.523. The zero-order valence-electron chi connectivity index (χ0n) is 7.33. The van der Waals surface area contributed by atoms with Crippen LogP contribution in [0.2, 0.25) is 0 Å². The van der Waals surface area contributed by atoms with Crippen molar-refractivity contribution in [3.8, 4) is 0 Å². The fourth-order valence-electron chi connectivity index (χ4n) is 1.88. The Bertz CT molecular complexity index is 443. The second-order valence-electron chi connectivity index (χ2n) is 3.36. The van der Waals surface area contributed by atoms with E-state index in [0.29, 0.717) is 6.04 Å². The Morgan fingerprint density at radius 1 is 1.62 bits per heavy atom. The monoisotopic (exact) mass is 210 g/mol. The van der Waals surface area contributed by atoms with Crippen LogP contribution in [0.25, 0.3) is 9.53 Å². The van der Waals surface area contributed by atoms with Gasteiger partial charge in [-0.1, -0.05) is 0 Å². The van der Waals surface area contributed by atoms with Crippen LogP contribution in [-0.4, -0.2) is 11.5 Å². The van der Waals surface area contributed by atoms with E-state index in [4.69, 9.17) is 0 Å². The average molecular weight is 210 g/mol. The number of rotatable bonds is 0. The van der Waals surface area contributed by atoms with Crippen LogP contribution in [0.15, 0.2) is 5.51 Å². The van der Waals surface area contributed by atoms with Gasteiger partial charge in [0, 0.05) is 10.9 Å². The summed E-state index contributed by atoms with van der Waals surface area (Å²) in [6, 6.07) is 0.523. The van der Waals surface area contributed by atoms with E-state index in [1.807, 2.05) is 16.8 Å². The molecule has 1 aliphatic heterocycles. The number of thiophene rings is 1. The second-order valence-corrected chi connectivity index (χ2v) is 5.52. The Kier molecular flexibility index (Phi) is 1.68. The zero-order chi connectivity index (χ0) is 8.84. The summed E-state index contributed by atoms with van der Waals surface area (Å²) in [4.78, 5) is 5.93. The van der Waals surface area contributed by atoms with Crippen LogP contribution in [0.5, 0.6) is 0 Å². The van der Waals surface area contributed by atoms with E-state index in [9.17, 15) is 0 Å². The van der Waals surface area contributed by atoms with Gasteiger partial charge in [-0.05, 0) is 25.5 Å². The highest BCUT2D eigenvalue weighted by atomic mass is 32.2. The van der Waals surface area contributed by atoms with Gasteiger partial charge in [0.15, 0.2) is 0 Å². The third-order valence-corrected chi connectivity index (χ3v) is 4.90. The molecule has 2 nitrogen and oxygen atoms in total. The number of aromatic nitrogens is 1. The molecule has 1 unspecified atom stereocenters. The van der Waals surface area contributed by atoms with Gasteiger partial charge in [0.05, 0.1) is 11.0 Å².